The molecular weight excluding hydrogens is 296 g/mol. The van der Waals surface area contributed by atoms with Crippen LogP contribution in [0.4, 0.5) is 0 Å². The molecule has 0 radical (unpaired) electrons. The highest BCUT2D eigenvalue weighted by molar-refractivity contribution is 6.08. The Balaban J connectivity index is 2.06. The monoisotopic (exact) mass is 312 g/mol. The molecule has 118 valence electrons. The highest BCUT2D eigenvalue weighted by atomic mass is 16.4. The molecular formula is C16H16N4O3. The van der Waals surface area contributed by atoms with Crippen LogP contribution in [0.3, 0.4) is 0 Å². The number of piperidine rings is 1. The van der Waals surface area contributed by atoms with Crippen LogP contribution in [-0.2, 0) is 0 Å². The van der Waals surface area contributed by atoms with Crippen molar-refractivity contribution in [2.45, 2.75) is 18.8 Å². The van der Waals surface area contributed by atoms with Crippen LogP contribution in [0, 0.1) is 0 Å². The Labute approximate surface area is 130 Å². The van der Waals surface area contributed by atoms with Gasteiger partial charge in [0, 0.05) is 12.0 Å². The van der Waals surface area contributed by atoms with Crippen LogP contribution < -0.4 is 10.9 Å². The maximum atomic E-state index is 12.1. The van der Waals surface area contributed by atoms with Gasteiger partial charge in [-0.1, -0.05) is 6.07 Å². The van der Waals surface area contributed by atoms with Gasteiger partial charge >= 0.3 is 5.97 Å². The fraction of sp³-hybridized carbons (Fsp3) is 0.312. The molecule has 23 heavy (non-hydrogen) atoms. The Morgan fingerprint density at radius 2 is 2.09 bits per heavy atom. The molecule has 0 aliphatic carbocycles. The van der Waals surface area contributed by atoms with Crippen molar-refractivity contribution in [3.8, 4) is 0 Å². The minimum Gasteiger partial charge on any atom is -0.478 e. The predicted octanol–water partition coefficient (Wildman–Crippen LogP) is 1.34. The van der Waals surface area contributed by atoms with Crippen molar-refractivity contribution < 1.29 is 9.90 Å². The Morgan fingerprint density at radius 3 is 2.83 bits per heavy atom. The highest BCUT2D eigenvalue weighted by Gasteiger charge is 2.22. The molecule has 3 aromatic rings. The number of fused-ring (bicyclic) bond motifs is 3. The van der Waals surface area contributed by atoms with Crippen LogP contribution in [0.1, 0.15) is 34.8 Å². The van der Waals surface area contributed by atoms with E-state index in [1.807, 2.05) is 0 Å². The van der Waals surface area contributed by atoms with E-state index in [1.165, 1.54) is 6.07 Å². The maximum Gasteiger partial charge on any atom is 0.336 e. The van der Waals surface area contributed by atoms with Crippen molar-refractivity contribution in [2.24, 2.45) is 0 Å². The number of aromatic amines is 1. The number of carboxylic acids is 1. The number of carbonyl (C=O) groups is 1. The van der Waals surface area contributed by atoms with Crippen molar-refractivity contribution in [1.29, 1.82) is 0 Å². The third-order valence-corrected chi connectivity index (χ3v) is 4.45. The molecule has 7 nitrogen and oxygen atoms in total. The van der Waals surface area contributed by atoms with Crippen LogP contribution in [0.5, 0.6) is 0 Å². The zero-order chi connectivity index (χ0) is 16.0. The zero-order valence-electron chi connectivity index (χ0n) is 12.4. The van der Waals surface area contributed by atoms with Gasteiger partial charge in [0.1, 0.15) is 5.65 Å². The number of nitrogens with zero attached hydrogens (tertiary/aromatic N) is 2. The van der Waals surface area contributed by atoms with E-state index >= 15 is 0 Å². The zero-order valence-corrected chi connectivity index (χ0v) is 12.4. The molecule has 2 aromatic heterocycles. The van der Waals surface area contributed by atoms with Crippen molar-refractivity contribution in [3.63, 3.8) is 0 Å². The molecule has 7 heteroatoms. The van der Waals surface area contributed by atoms with Gasteiger partial charge in [-0.3, -0.25) is 4.79 Å². The van der Waals surface area contributed by atoms with E-state index in [9.17, 15) is 14.7 Å². The smallest absolute Gasteiger partial charge is 0.336 e. The fourth-order valence-electron chi connectivity index (χ4n) is 3.37. The molecule has 3 heterocycles. The molecule has 1 aliphatic rings. The molecule has 0 spiro atoms. The number of hydrogen-bond acceptors (Lipinski definition) is 4. The van der Waals surface area contributed by atoms with Gasteiger partial charge in [0.05, 0.1) is 22.2 Å². The summed E-state index contributed by atoms with van der Waals surface area (Å²) in [6.07, 6.45) is 1.86. The van der Waals surface area contributed by atoms with Crippen LogP contribution >= 0.6 is 0 Å². The minimum atomic E-state index is -1.03. The molecule has 1 aromatic carbocycles. The lowest BCUT2D eigenvalue weighted by atomic mass is 9.94. The second-order valence-electron chi connectivity index (χ2n) is 5.85. The molecule has 1 saturated heterocycles. The van der Waals surface area contributed by atoms with Crippen LogP contribution in [0.2, 0.25) is 0 Å². The van der Waals surface area contributed by atoms with E-state index in [2.05, 4.69) is 15.4 Å². The molecule has 1 fully saturated rings. The average Bonchev–Trinajstić information content (AvgIpc) is 2.93. The Hall–Kier alpha value is -2.67. The van der Waals surface area contributed by atoms with Gasteiger partial charge in [-0.25, -0.2) is 9.31 Å². The maximum absolute atomic E-state index is 12.1. The van der Waals surface area contributed by atoms with Crippen molar-refractivity contribution in [2.75, 3.05) is 13.1 Å². The first-order valence-corrected chi connectivity index (χ1v) is 7.64. The summed E-state index contributed by atoms with van der Waals surface area (Å²) in [6, 6.07) is 6.54. The second-order valence-corrected chi connectivity index (χ2v) is 5.85. The van der Waals surface area contributed by atoms with E-state index in [0.29, 0.717) is 16.6 Å². The van der Waals surface area contributed by atoms with Crippen molar-refractivity contribution in [3.05, 3.63) is 45.9 Å². The van der Waals surface area contributed by atoms with Crippen molar-refractivity contribution in [1.82, 2.24) is 19.9 Å². The lowest BCUT2D eigenvalue weighted by Crippen LogP contribution is -2.28. The molecule has 0 amide bonds. The number of benzene rings is 1. The first kappa shape index (κ1) is 14.0. The summed E-state index contributed by atoms with van der Waals surface area (Å²) in [6.45, 7) is 1.81. The summed E-state index contributed by atoms with van der Waals surface area (Å²) < 4.78 is 1.70. The molecule has 0 unspecified atom stereocenters. The quantitative estimate of drug-likeness (QED) is 0.663. The standard InChI is InChI=1S/C16H16N4O3/c21-13-8-12(9-4-6-17-7-5-9)20-15(18-13)14-10(16(22)23)2-1-3-11(14)19-20/h1-3,8-9,17H,4-7H2,(H,18,21)(H,22,23). The van der Waals surface area contributed by atoms with Crippen LogP contribution in [0.25, 0.3) is 16.6 Å². The third-order valence-electron chi connectivity index (χ3n) is 4.45. The summed E-state index contributed by atoms with van der Waals surface area (Å²) in [5.41, 5.74) is 1.79. The predicted molar refractivity (Wildman–Crippen MR) is 85.1 cm³/mol. The average molecular weight is 312 g/mol. The molecule has 4 rings (SSSR count). The summed E-state index contributed by atoms with van der Waals surface area (Å²) in [5, 5.41) is 17.7. The van der Waals surface area contributed by atoms with Crippen molar-refractivity contribution >= 4 is 22.5 Å². The van der Waals surface area contributed by atoms with Gasteiger partial charge in [-0.15, -0.1) is 0 Å². The number of hydrogen-bond donors (Lipinski definition) is 3. The van der Waals surface area contributed by atoms with E-state index < -0.39 is 5.97 Å². The molecule has 1 aliphatic heterocycles. The van der Waals surface area contributed by atoms with Crippen LogP contribution in [-0.4, -0.2) is 38.8 Å². The first-order chi connectivity index (χ1) is 11.1. The Morgan fingerprint density at radius 1 is 1.30 bits per heavy atom. The normalized spacial score (nSPS) is 16.2. The van der Waals surface area contributed by atoms with Crippen LogP contribution in [0.15, 0.2) is 29.1 Å². The summed E-state index contributed by atoms with van der Waals surface area (Å²) in [7, 11) is 0. The number of H-pyrrole nitrogens is 1. The first-order valence-electron chi connectivity index (χ1n) is 7.64. The van der Waals surface area contributed by atoms with E-state index in [4.69, 9.17) is 0 Å². The second kappa shape index (κ2) is 5.20. The summed E-state index contributed by atoms with van der Waals surface area (Å²) in [4.78, 5) is 26.4. The van der Waals surface area contributed by atoms with Gasteiger partial charge in [-0.05, 0) is 38.1 Å². The topological polar surface area (TPSA) is 99.5 Å². The SMILES string of the molecule is O=C(O)c1cccc2nn3c(C4CCNCC4)cc(=O)[nH]c3c12. The van der Waals surface area contributed by atoms with Gasteiger partial charge < -0.3 is 15.4 Å². The number of aromatic nitrogens is 3. The molecule has 3 N–H and O–H groups in total. The number of aromatic carboxylic acids is 1. The van der Waals surface area contributed by atoms with Gasteiger partial charge in [0.15, 0.2) is 0 Å². The minimum absolute atomic E-state index is 0.149. The third kappa shape index (κ3) is 2.20. The summed E-state index contributed by atoms with van der Waals surface area (Å²) >= 11 is 0. The number of carboxylic acid groups (broad SMARTS) is 1. The molecule has 0 saturated carbocycles. The van der Waals surface area contributed by atoms with Gasteiger partial charge in [0.25, 0.3) is 5.56 Å². The lowest BCUT2D eigenvalue weighted by Gasteiger charge is -2.23. The molecule has 0 atom stereocenters. The lowest BCUT2D eigenvalue weighted by molar-refractivity contribution is 0.0699. The number of nitrogens with one attached hydrogen (secondary N) is 2. The number of rotatable bonds is 2. The Kier molecular flexibility index (Phi) is 3.16. The van der Waals surface area contributed by atoms with E-state index in [0.717, 1.165) is 31.6 Å². The van der Waals surface area contributed by atoms with Gasteiger partial charge in [0.2, 0.25) is 0 Å². The molecule has 0 bridgehead atoms. The fourth-order valence-corrected chi connectivity index (χ4v) is 3.37. The largest absolute Gasteiger partial charge is 0.478 e. The van der Waals surface area contributed by atoms with Gasteiger partial charge in [-0.2, -0.15) is 5.10 Å². The Bertz CT molecular complexity index is 967. The van der Waals surface area contributed by atoms with E-state index in [1.54, 1.807) is 22.7 Å². The van der Waals surface area contributed by atoms with E-state index in [-0.39, 0.29) is 17.0 Å². The highest BCUT2D eigenvalue weighted by Crippen LogP contribution is 2.28. The summed E-state index contributed by atoms with van der Waals surface area (Å²) in [5.74, 6) is -0.790.